The lowest BCUT2D eigenvalue weighted by Gasteiger charge is -2.41. The maximum Gasteiger partial charge on any atom is 0.274 e. The molecule has 2 heterocycles. The van der Waals surface area contributed by atoms with E-state index >= 15 is 0 Å². The molecule has 1 aromatic heterocycles. The molecular formula is C22H21N3O4S. The van der Waals surface area contributed by atoms with Crippen LogP contribution in [0.2, 0.25) is 0 Å². The van der Waals surface area contributed by atoms with E-state index in [2.05, 4.69) is 0 Å². The van der Waals surface area contributed by atoms with Gasteiger partial charge in [0.25, 0.3) is 11.8 Å². The number of benzene rings is 2. The number of hydrogen-bond donors (Lipinski definition) is 3. The molecule has 1 unspecified atom stereocenters. The van der Waals surface area contributed by atoms with E-state index < -0.39 is 12.3 Å². The minimum absolute atomic E-state index is 0.180. The number of thiophene rings is 1. The molecule has 30 heavy (non-hydrogen) atoms. The Morgan fingerprint density at radius 2 is 1.73 bits per heavy atom. The molecule has 2 amide bonds. The summed E-state index contributed by atoms with van der Waals surface area (Å²) < 4.78 is 0. The molecule has 0 radical (unpaired) electrons. The minimum atomic E-state index is -1.09. The summed E-state index contributed by atoms with van der Waals surface area (Å²) in [5.74, 6) is -0.765. The summed E-state index contributed by atoms with van der Waals surface area (Å²) in [5.41, 5.74) is 4.47. The van der Waals surface area contributed by atoms with Crippen LogP contribution in [0.15, 0.2) is 66.0 Å². The maximum absolute atomic E-state index is 12.9. The Morgan fingerprint density at radius 1 is 1.00 bits per heavy atom. The first-order valence-corrected chi connectivity index (χ1v) is 10.4. The lowest BCUT2D eigenvalue weighted by atomic mass is 10.1. The Labute approximate surface area is 177 Å². The summed E-state index contributed by atoms with van der Waals surface area (Å²) >= 11 is 1.41. The molecule has 3 aromatic rings. The van der Waals surface area contributed by atoms with Crippen LogP contribution >= 0.6 is 11.3 Å². The predicted octanol–water partition coefficient (Wildman–Crippen LogP) is 2.85. The summed E-state index contributed by atoms with van der Waals surface area (Å²) in [6.45, 7) is 0.760. The van der Waals surface area contributed by atoms with Crippen LogP contribution in [0.4, 0.5) is 5.00 Å². The van der Waals surface area contributed by atoms with Crippen LogP contribution < -0.4 is 10.4 Å². The van der Waals surface area contributed by atoms with Crippen LogP contribution in [-0.4, -0.2) is 39.9 Å². The highest BCUT2D eigenvalue weighted by Crippen LogP contribution is 2.36. The van der Waals surface area contributed by atoms with Gasteiger partial charge >= 0.3 is 0 Å². The fourth-order valence-corrected chi connectivity index (χ4v) is 4.42. The fraction of sp³-hybridized carbons (Fsp3) is 0.182. The number of hydrogen-bond acceptors (Lipinski definition) is 6. The normalized spacial score (nSPS) is 15.8. The van der Waals surface area contributed by atoms with E-state index in [-0.39, 0.29) is 5.91 Å². The molecule has 0 bridgehead atoms. The Bertz CT molecular complexity index is 1040. The van der Waals surface area contributed by atoms with Crippen molar-refractivity contribution in [1.29, 1.82) is 0 Å². The van der Waals surface area contributed by atoms with E-state index in [0.29, 0.717) is 30.6 Å². The average Bonchev–Trinajstić information content (AvgIpc) is 3.27. The van der Waals surface area contributed by atoms with Crippen molar-refractivity contribution < 1.29 is 19.9 Å². The lowest BCUT2D eigenvalue weighted by molar-refractivity contribution is 0.00174. The number of carbonyl (C=O) groups is 2. The molecule has 3 N–H and O–H groups in total. The molecule has 0 saturated heterocycles. The Kier molecular flexibility index (Phi) is 5.80. The Hall–Kier alpha value is -3.20. The standard InChI is InChI=1S/C22H21N3O4S/c26-19(23-29)17-8-6-16(7-9-17)14-25-21-18(11-13-30-21)20(27)24(22(25)28)12-10-15-4-2-1-3-5-15/h1-9,11,13,22,28-29H,10,12,14H2,(H,23,26). The van der Waals surface area contributed by atoms with Crippen molar-refractivity contribution in [3.63, 3.8) is 0 Å². The van der Waals surface area contributed by atoms with E-state index in [1.807, 2.05) is 35.7 Å². The first-order valence-electron chi connectivity index (χ1n) is 9.49. The molecule has 1 atom stereocenters. The second-order valence-corrected chi connectivity index (χ2v) is 7.88. The number of aliphatic hydroxyl groups is 1. The molecule has 154 valence electrons. The first-order chi connectivity index (χ1) is 14.6. The summed E-state index contributed by atoms with van der Waals surface area (Å²) in [6.07, 6.45) is -0.449. The highest BCUT2D eigenvalue weighted by atomic mass is 32.1. The highest BCUT2D eigenvalue weighted by Gasteiger charge is 2.37. The van der Waals surface area contributed by atoms with Gasteiger partial charge in [-0.1, -0.05) is 42.5 Å². The van der Waals surface area contributed by atoms with E-state index in [4.69, 9.17) is 5.21 Å². The molecule has 1 aliphatic rings. The molecular weight excluding hydrogens is 402 g/mol. The number of rotatable bonds is 6. The van der Waals surface area contributed by atoms with Crippen LogP contribution in [0, 0.1) is 0 Å². The SMILES string of the molecule is O=C(NO)c1ccc(CN2c3sccc3C(=O)N(CCc3ccccc3)C2O)cc1. The quantitative estimate of drug-likeness (QED) is 0.419. The zero-order valence-electron chi connectivity index (χ0n) is 16.1. The maximum atomic E-state index is 12.9. The Morgan fingerprint density at radius 3 is 2.43 bits per heavy atom. The topological polar surface area (TPSA) is 93.1 Å². The van der Waals surface area contributed by atoms with Crippen molar-refractivity contribution in [2.45, 2.75) is 19.3 Å². The molecule has 2 aromatic carbocycles. The van der Waals surface area contributed by atoms with Gasteiger partial charge in [0.1, 0.15) is 5.00 Å². The number of amides is 2. The number of hydroxylamine groups is 1. The molecule has 4 rings (SSSR count). The lowest BCUT2D eigenvalue weighted by Crippen LogP contribution is -2.55. The van der Waals surface area contributed by atoms with Crippen molar-refractivity contribution in [3.8, 4) is 0 Å². The Balaban J connectivity index is 1.55. The van der Waals surface area contributed by atoms with Gasteiger partial charge in [0.05, 0.1) is 5.56 Å². The van der Waals surface area contributed by atoms with Crippen LogP contribution in [-0.2, 0) is 13.0 Å². The van der Waals surface area contributed by atoms with Crippen molar-refractivity contribution in [2.24, 2.45) is 0 Å². The van der Waals surface area contributed by atoms with Crippen LogP contribution in [0.5, 0.6) is 0 Å². The summed E-state index contributed by atoms with van der Waals surface area (Å²) in [4.78, 5) is 27.7. The van der Waals surface area contributed by atoms with E-state index in [0.717, 1.165) is 16.1 Å². The molecule has 8 heteroatoms. The predicted molar refractivity (Wildman–Crippen MR) is 113 cm³/mol. The molecule has 7 nitrogen and oxygen atoms in total. The van der Waals surface area contributed by atoms with Gasteiger partial charge in [-0.3, -0.25) is 19.7 Å². The number of aliphatic hydroxyl groups excluding tert-OH is 1. The second-order valence-electron chi connectivity index (χ2n) is 6.99. The smallest absolute Gasteiger partial charge is 0.274 e. The third-order valence-corrected chi connectivity index (χ3v) is 6.06. The average molecular weight is 423 g/mol. The molecule has 0 aliphatic carbocycles. The van der Waals surface area contributed by atoms with Gasteiger partial charge in [-0.05, 0) is 41.1 Å². The summed E-state index contributed by atoms with van der Waals surface area (Å²) in [5, 5.41) is 22.3. The van der Waals surface area contributed by atoms with Gasteiger partial charge < -0.3 is 10.0 Å². The van der Waals surface area contributed by atoms with E-state index in [1.165, 1.54) is 16.2 Å². The van der Waals surface area contributed by atoms with Crippen LogP contribution in [0.25, 0.3) is 0 Å². The number of anilines is 1. The fourth-order valence-electron chi connectivity index (χ4n) is 3.51. The third kappa shape index (κ3) is 3.93. The van der Waals surface area contributed by atoms with Crippen molar-refractivity contribution >= 4 is 28.2 Å². The zero-order valence-corrected chi connectivity index (χ0v) is 16.9. The van der Waals surface area contributed by atoms with Crippen LogP contribution in [0.1, 0.15) is 31.8 Å². The van der Waals surface area contributed by atoms with Crippen molar-refractivity contribution in [2.75, 3.05) is 11.4 Å². The molecule has 1 aliphatic heterocycles. The zero-order chi connectivity index (χ0) is 21.1. The number of nitrogens with one attached hydrogen (secondary N) is 1. The summed E-state index contributed by atoms with van der Waals surface area (Å²) in [6, 6.07) is 18.4. The molecule has 0 saturated carbocycles. The van der Waals surface area contributed by atoms with Gasteiger partial charge in [0, 0.05) is 18.7 Å². The number of carbonyl (C=O) groups excluding carboxylic acids is 2. The van der Waals surface area contributed by atoms with Gasteiger partial charge in [0.15, 0.2) is 0 Å². The largest absolute Gasteiger partial charge is 0.356 e. The first kappa shape index (κ1) is 20.1. The minimum Gasteiger partial charge on any atom is -0.356 e. The monoisotopic (exact) mass is 423 g/mol. The number of nitrogens with zero attached hydrogens (tertiary/aromatic N) is 2. The van der Waals surface area contributed by atoms with Gasteiger partial charge in [-0.25, -0.2) is 5.48 Å². The molecule has 0 spiro atoms. The van der Waals surface area contributed by atoms with Crippen molar-refractivity contribution in [3.05, 3.63) is 88.3 Å². The van der Waals surface area contributed by atoms with E-state index in [9.17, 15) is 14.7 Å². The second kappa shape index (κ2) is 8.66. The third-order valence-electron chi connectivity index (χ3n) is 5.11. The highest BCUT2D eigenvalue weighted by molar-refractivity contribution is 7.14. The summed E-state index contributed by atoms with van der Waals surface area (Å²) in [7, 11) is 0. The number of fused-ring (bicyclic) bond motifs is 1. The van der Waals surface area contributed by atoms with Gasteiger partial charge in [-0.2, -0.15) is 0 Å². The van der Waals surface area contributed by atoms with Gasteiger partial charge in [-0.15, -0.1) is 11.3 Å². The molecule has 0 fully saturated rings. The van der Waals surface area contributed by atoms with Gasteiger partial charge in [0.2, 0.25) is 6.35 Å². The van der Waals surface area contributed by atoms with Crippen LogP contribution in [0.3, 0.4) is 0 Å². The van der Waals surface area contributed by atoms with Crippen molar-refractivity contribution in [1.82, 2.24) is 10.4 Å². The van der Waals surface area contributed by atoms with E-state index in [1.54, 1.807) is 40.7 Å².